The van der Waals surface area contributed by atoms with Crippen LogP contribution >= 0.6 is 0 Å². The zero-order chi connectivity index (χ0) is 37.1. The van der Waals surface area contributed by atoms with Gasteiger partial charge in [-0.05, 0) is 87.2 Å². The van der Waals surface area contributed by atoms with Gasteiger partial charge in [-0.15, -0.1) is 0 Å². The second-order valence-corrected chi connectivity index (χ2v) is 13.3. The molecule has 266 valence electrons. The number of halogens is 2. The Kier molecular flexibility index (Phi) is 11.0. The number of aromatic hydroxyl groups is 1. The topological polar surface area (TPSA) is 125 Å². The summed E-state index contributed by atoms with van der Waals surface area (Å²) in [7, 11) is 3.68. The van der Waals surface area contributed by atoms with Crippen molar-refractivity contribution in [3.8, 4) is 22.7 Å². The first-order valence-electron chi connectivity index (χ1n) is 16.7. The largest absolute Gasteiger partial charge is 0.507 e. The van der Waals surface area contributed by atoms with Crippen LogP contribution in [0.3, 0.4) is 0 Å². The number of carbonyl (C=O) groups excluding carboxylic acids is 2. The number of fused-ring (bicyclic) bond motifs is 1. The molecule has 3 aromatic heterocycles. The van der Waals surface area contributed by atoms with Gasteiger partial charge in [0.1, 0.15) is 34.5 Å². The quantitative estimate of drug-likeness (QED) is 0.170. The molecule has 1 aliphatic heterocycles. The van der Waals surface area contributed by atoms with Crippen LogP contribution in [-0.2, 0) is 4.79 Å². The standard InChI is InChI=1S/C38H41F2N7O4/c1-8-29(49)46-16-13-23(18-24(46)20-41-5)30-25-19-27(40)34(31-26(39)10-9-11-28(31)48)44-36(25)47(35-22(4)12-14-42-33(35)21(2)3)38(51)32(30)37(50)43-15-17-45(6)7/h8-12,14,19,21,23-24,48H,1,13,15-18,20H2,2-4,6-7H3,(H,43,50)/t23?,24-/m1/s1. The van der Waals surface area contributed by atoms with Gasteiger partial charge in [0.05, 0.1) is 16.9 Å². The second-order valence-electron chi connectivity index (χ2n) is 13.3. The molecular weight excluding hydrogens is 656 g/mol. The average Bonchev–Trinajstić information content (AvgIpc) is 3.08. The minimum absolute atomic E-state index is 0.0363. The van der Waals surface area contributed by atoms with Gasteiger partial charge in [0.25, 0.3) is 11.5 Å². The summed E-state index contributed by atoms with van der Waals surface area (Å²) in [6.45, 7) is 17.6. The summed E-state index contributed by atoms with van der Waals surface area (Å²) >= 11 is 0. The minimum atomic E-state index is -0.989. The SMILES string of the molecule is [C-]#[N+]C[C@H]1CC(c2c(C(=O)NCCN(C)C)c(=O)n(-c3c(C)ccnc3C(C)C)c3nc(-c4c(O)cccc4F)c(F)cc23)CCN1C(=O)C=C. The van der Waals surface area contributed by atoms with E-state index in [1.165, 1.54) is 22.8 Å². The van der Waals surface area contributed by atoms with Crippen LogP contribution < -0.4 is 10.9 Å². The molecule has 2 atom stereocenters. The molecule has 1 saturated heterocycles. The maximum Gasteiger partial charge on any atom is 0.270 e. The number of phenolic OH excluding ortho intramolecular Hbond substituents is 1. The molecule has 0 saturated carbocycles. The van der Waals surface area contributed by atoms with E-state index in [0.29, 0.717) is 23.5 Å². The van der Waals surface area contributed by atoms with E-state index in [2.05, 4.69) is 26.7 Å². The predicted octanol–water partition coefficient (Wildman–Crippen LogP) is 5.33. The summed E-state index contributed by atoms with van der Waals surface area (Å²) in [4.78, 5) is 58.2. The third-order valence-corrected chi connectivity index (χ3v) is 9.25. The van der Waals surface area contributed by atoms with Gasteiger partial charge in [-0.1, -0.05) is 26.5 Å². The number of carbonyl (C=O) groups is 2. The number of hydrogen-bond acceptors (Lipinski definition) is 7. The Hall–Kier alpha value is -5.48. The van der Waals surface area contributed by atoms with E-state index >= 15 is 13.6 Å². The molecule has 13 heteroatoms. The fourth-order valence-corrected chi connectivity index (χ4v) is 6.84. The highest BCUT2D eigenvalue weighted by Crippen LogP contribution is 2.41. The first-order chi connectivity index (χ1) is 24.3. The van der Waals surface area contributed by atoms with Crippen molar-refractivity contribution in [2.24, 2.45) is 0 Å². The smallest absolute Gasteiger partial charge is 0.270 e. The zero-order valence-corrected chi connectivity index (χ0v) is 29.3. The Morgan fingerprint density at radius 3 is 2.63 bits per heavy atom. The van der Waals surface area contributed by atoms with Crippen LogP contribution in [-0.4, -0.2) is 87.6 Å². The number of likely N-dealkylation sites (N-methyl/N-ethyl adjacent to an activating group) is 1. The molecule has 2 amide bonds. The number of pyridine rings is 3. The summed E-state index contributed by atoms with van der Waals surface area (Å²) in [5.41, 5.74) is -0.339. The monoisotopic (exact) mass is 697 g/mol. The van der Waals surface area contributed by atoms with Gasteiger partial charge in [0, 0.05) is 31.2 Å². The van der Waals surface area contributed by atoms with Crippen LogP contribution in [0.5, 0.6) is 5.75 Å². The van der Waals surface area contributed by atoms with Crippen LogP contribution in [0.2, 0.25) is 0 Å². The number of benzene rings is 1. The fourth-order valence-electron chi connectivity index (χ4n) is 6.84. The van der Waals surface area contributed by atoms with Crippen molar-refractivity contribution in [2.45, 2.75) is 51.5 Å². The molecule has 1 aromatic carbocycles. The zero-order valence-electron chi connectivity index (χ0n) is 29.3. The first-order valence-corrected chi connectivity index (χ1v) is 16.7. The number of nitrogens with one attached hydrogen (secondary N) is 1. The van der Waals surface area contributed by atoms with Crippen LogP contribution in [0.25, 0.3) is 32.8 Å². The van der Waals surface area contributed by atoms with Crippen LogP contribution in [0.1, 0.15) is 65.7 Å². The molecule has 4 aromatic rings. The number of aryl methyl sites for hydroxylation is 1. The van der Waals surface area contributed by atoms with Gasteiger partial charge in [0.2, 0.25) is 12.5 Å². The Balaban J connectivity index is 1.93. The van der Waals surface area contributed by atoms with Gasteiger partial charge >= 0.3 is 0 Å². The van der Waals surface area contributed by atoms with Crippen LogP contribution in [0, 0.1) is 25.1 Å². The van der Waals surface area contributed by atoms with Crippen LogP contribution in [0.15, 0.2) is 54.0 Å². The number of amides is 2. The number of phenols is 1. The molecule has 1 unspecified atom stereocenters. The van der Waals surface area contributed by atoms with E-state index in [-0.39, 0.29) is 66.5 Å². The Morgan fingerprint density at radius 1 is 1.24 bits per heavy atom. The Labute approximate surface area is 295 Å². The highest BCUT2D eigenvalue weighted by Gasteiger charge is 2.38. The third-order valence-electron chi connectivity index (χ3n) is 9.25. The lowest BCUT2D eigenvalue weighted by Crippen LogP contribution is -2.47. The molecular formula is C38H41F2N7O4. The summed E-state index contributed by atoms with van der Waals surface area (Å²) in [5, 5.41) is 13.6. The van der Waals surface area contributed by atoms with Crippen molar-refractivity contribution in [1.82, 2.24) is 29.7 Å². The molecule has 0 radical (unpaired) electrons. The number of nitrogens with zero attached hydrogens (tertiary/aromatic N) is 6. The number of piperidine rings is 1. The van der Waals surface area contributed by atoms with E-state index < -0.39 is 52.1 Å². The predicted molar refractivity (Wildman–Crippen MR) is 191 cm³/mol. The van der Waals surface area contributed by atoms with Crippen LogP contribution in [0.4, 0.5) is 8.78 Å². The number of likely N-dealkylation sites (tertiary alicyclic amines) is 1. The normalized spacial score (nSPS) is 16.0. The highest BCUT2D eigenvalue weighted by molar-refractivity contribution is 6.01. The maximum atomic E-state index is 16.4. The average molecular weight is 698 g/mol. The molecule has 0 bridgehead atoms. The molecule has 0 spiro atoms. The fraction of sp³-hybridized carbons (Fsp3) is 0.368. The van der Waals surface area contributed by atoms with Crippen molar-refractivity contribution in [3.63, 3.8) is 0 Å². The minimum Gasteiger partial charge on any atom is -0.507 e. The van der Waals surface area contributed by atoms with E-state index in [1.54, 1.807) is 24.1 Å². The Bertz CT molecular complexity index is 2100. The van der Waals surface area contributed by atoms with Crippen molar-refractivity contribution >= 4 is 22.8 Å². The lowest BCUT2D eigenvalue weighted by Gasteiger charge is -2.37. The third kappa shape index (κ3) is 7.09. The molecule has 51 heavy (non-hydrogen) atoms. The summed E-state index contributed by atoms with van der Waals surface area (Å²) in [5.74, 6) is -4.27. The van der Waals surface area contributed by atoms with E-state index in [1.807, 2.05) is 32.8 Å². The van der Waals surface area contributed by atoms with Crippen molar-refractivity contribution < 1.29 is 23.5 Å². The number of rotatable bonds is 10. The highest BCUT2D eigenvalue weighted by atomic mass is 19.1. The molecule has 1 aliphatic rings. The lowest BCUT2D eigenvalue weighted by molar-refractivity contribution is -0.129. The summed E-state index contributed by atoms with van der Waals surface area (Å²) in [6.07, 6.45) is 3.26. The second kappa shape index (κ2) is 15.2. The molecule has 11 nitrogen and oxygen atoms in total. The van der Waals surface area contributed by atoms with Crippen molar-refractivity contribution in [2.75, 3.05) is 40.3 Å². The molecule has 2 N–H and O–H groups in total. The van der Waals surface area contributed by atoms with E-state index in [0.717, 1.165) is 12.1 Å². The molecule has 0 aliphatic carbocycles. The lowest BCUT2D eigenvalue weighted by atomic mass is 9.81. The van der Waals surface area contributed by atoms with Crippen molar-refractivity contribution in [3.05, 3.63) is 105 Å². The molecule has 4 heterocycles. The summed E-state index contributed by atoms with van der Waals surface area (Å²) < 4.78 is 32.9. The van der Waals surface area contributed by atoms with Crippen molar-refractivity contribution in [1.29, 1.82) is 0 Å². The molecule has 1 fully saturated rings. The van der Waals surface area contributed by atoms with Gasteiger partial charge in [-0.25, -0.2) is 20.3 Å². The van der Waals surface area contributed by atoms with Gasteiger partial charge in [-0.2, -0.15) is 0 Å². The first kappa shape index (κ1) is 36.8. The number of hydrogen-bond donors (Lipinski definition) is 2. The Morgan fingerprint density at radius 2 is 1.98 bits per heavy atom. The van der Waals surface area contributed by atoms with E-state index in [4.69, 9.17) is 6.57 Å². The maximum absolute atomic E-state index is 16.4. The van der Waals surface area contributed by atoms with Gasteiger partial charge in [0.15, 0.2) is 5.82 Å². The molecule has 5 rings (SSSR count). The van der Waals surface area contributed by atoms with Gasteiger partial charge < -0.3 is 25.1 Å². The summed E-state index contributed by atoms with van der Waals surface area (Å²) in [6, 6.07) is 5.81. The van der Waals surface area contributed by atoms with E-state index in [9.17, 15) is 14.7 Å². The number of aromatic nitrogens is 3. The van der Waals surface area contributed by atoms with Gasteiger partial charge in [-0.3, -0.25) is 23.9 Å².